The Morgan fingerprint density at radius 2 is 1.96 bits per heavy atom. The van der Waals surface area contributed by atoms with Crippen molar-refractivity contribution < 1.29 is 4.79 Å². The molecule has 8 heteroatoms. The summed E-state index contributed by atoms with van der Waals surface area (Å²) in [5.41, 5.74) is 3.03. The number of benzene rings is 1. The first-order chi connectivity index (χ1) is 13.0. The number of pyridine rings is 1. The number of carbonyl (C=O) groups excluding carboxylic acids is 1. The van der Waals surface area contributed by atoms with E-state index in [0.717, 1.165) is 22.4 Å². The number of hydrogen-bond donors (Lipinski definition) is 1. The number of carbonyl (C=O) groups is 1. The van der Waals surface area contributed by atoms with Gasteiger partial charge in [0.25, 0.3) is 0 Å². The lowest BCUT2D eigenvalue weighted by Gasteiger charge is -2.35. The summed E-state index contributed by atoms with van der Waals surface area (Å²) in [5, 5.41) is 3.56. The fourth-order valence-electron chi connectivity index (χ4n) is 3.32. The maximum Gasteiger partial charge on any atom is 0.324 e. The van der Waals surface area contributed by atoms with Gasteiger partial charge < -0.3 is 14.4 Å². The summed E-state index contributed by atoms with van der Waals surface area (Å²) in [5.74, 6) is 1.32. The van der Waals surface area contributed by atoms with Crippen LogP contribution in [0.5, 0.6) is 0 Å². The van der Waals surface area contributed by atoms with Crippen LogP contribution < -0.4 is 10.2 Å². The van der Waals surface area contributed by atoms with Gasteiger partial charge in [0, 0.05) is 39.4 Å². The third-order valence-corrected chi connectivity index (χ3v) is 5.16. The number of imidazole rings is 1. The van der Waals surface area contributed by atoms with Crippen LogP contribution in [-0.4, -0.2) is 51.6 Å². The first kappa shape index (κ1) is 17.6. The highest BCUT2D eigenvalue weighted by Crippen LogP contribution is 2.24. The SMILES string of the molecule is Cc1ccc2nc(NC(=O)N3CCN(c4ncccc4Cl)CC3)n(C)c2c1. The first-order valence-electron chi connectivity index (χ1n) is 8.87. The number of halogens is 1. The van der Waals surface area contributed by atoms with Crippen molar-refractivity contribution in [3.8, 4) is 0 Å². The van der Waals surface area contributed by atoms with Crippen molar-refractivity contribution in [3.05, 3.63) is 47.1 Å². The quantitative estimate of drug-likeness (QED) is 0.736. The third-order valence-electron chi connectivity index (χ3n) is 4.86. The second kappa shape index (κ2) is 7.08. The Morgan fingerprint density at radius 1 is 1.19 bits per heavy atom. The van der Waals surface area contributed by atoms with Crippen LogP contribution in [0, 0.1) is 6.92 Å². The molecule has 1 saturated heterocycles. The number of aryl methyl sites for hydroxylation is 2. The lowest BCUT2D eigenvalue weighted by atomic mass is 10.2. The molecule has 0 bridgehead atoms. The van der Waals surface area contributed by atoms with Crippen LogP contribution >= 0.6 is 11.6 Å². The number of aromatic nitrogens is 3. The van der Waals surface area contributed by atoms with Gasteiger partial charge in [0.05, 0.1) is 16.1 Å². The van der Waals surface area contributed by atoms with Gasteiger partial charge in [0.15, 0.2) is 0 Å². The minimum atomic E-state index is -0.142. The highest BCUT2D eigenvalue weighted by molar-refractivity contribution is 6.32. The van der Waals surface area contributed by atoms with E-state index in [9.17, 15) is 4.79 Å². The normalized spacial score (nSPS) is 14.6. The van der Waals surface area contributed by atoms with Crippen LogP contribution in [0.2, 0.25) is 5.02 Å². The predicted molar refractivity (Wildman–Crippen MR) is 108 cm³/mol. The smallest absolute Gasteiger partial charge is 0.324 e. The summed E-state index contributed by atoms with van der Waals surface area (Å²) < 4.78 is 1.91. The molecule has 2 amide bonds. The molecular formula is C19H21ClN6O. The third kappa shape index (κ3) is 3.42. The fourth-order valence-corrected chi connectivity index (χ4v) is 3.56. The second-order valence-electron chi connectivity index (χ2n) is 6.70. The van der Waals surface area contributed by atoms with Crippen molar-refractivity contribution in [2.75, 3.05) is 36.4 Å². The van der Waals surface area contributed by atoms with E-state index in [-0.39, 0.29) is 6.03 Å². The number of nitrogens with one attached hydrogen (secondary N) is 1. The lowest BCUT2D eigenvalue weighted by molar-refractivity contribution is 0.208. The molecule has 140 valence electrons. The van der Waals surface area contributed by atoms with E-state index < -0.39 is 0 Å². The molecule has 0 atom stereocenters. The molecule has 2 aromatic heterocycles. The molecule has 0 unspecified atom stereocenters. The number of piperazine rings is 1. The number of anilines is 2. The first-order valence-corrected chi connectivity index (χ1v) is 9.25. The van der Waals surface area contributed by atoms with Gasteiger partial charge in [0.1, 0.15) is 5.82 Å². The van der Waals surface area contributed by atoms with Gasteiger partial charge in [-0.3, -0.25) is 5.32 Å². The summed E-state index contributed by atoms with van der Waals surface area (Å²) >= 11 is 6.22. The molecule has 1 aliphatic rings. The van der Waals surface area contributed by atoms with E-state index in [0.29, 0.717) is 37.1 Å². The van der Waals surface area contributed by atoms with Crippen LogP contribution in [0.3, 0.4) is 0 Å². The van der Waals surface area contributed by atoms with Crippen molar-refractivity contribution in [1.29, 1.82) is 0 Å². The number of hydrogen-bond acceptors (Lipinski definition) is 4. The summed E-state index contributed by atoms with van der Waals surface area (Å²) in [6, 6.07) is 9.55. The van der Waals surface area contributed by atoms with Gasteiger partial charge in [-0.2, -0.15) is 0 Å². The van der Waals surface area contributed by atoms with E-state index in [1.54, 1.807) is 11.1 Å². The lowest BCUT2D eigenvalue weighted by Crippen LogP contribution is -2.50. The minimum Gasteiger partial charge on any atom is -0.352 e. The summed E-state index contributed by atoms with van der Waals surface area (Å²) in [4.78, 5) is 25.4. The van der Waals surface area contributed by atoms with Gasteiger partial charge in [-0.15, -0.1) is 0 Å². The van der Waals surface area contributed by atoms with Crippen LogP contribution in [0.15, 0.2) is 36.5 Å². The molecule has 0 aliphatic carbocycles. The Morgan fingerprint density at radius 3 is 2.70 bits per heavy atom. The number of amides is 2. The van der Waals surface area contributed by atoms with Crippen LogP contribution in [0.4, 0.5) is 16.6 Å². The average Bonchev–Trinajstić information content (AvgIpc) is 2.97. The molecule has 4 rings (SSSR count). The Kier molecular flexibility index (Phi) is 4.61. The molecule has 1 aliphatic heterocycles. The van der Waals surface area contributed by atoms with Crippen LogP contribution in [0.25, 0.3) is 11.0 Å². The standard InChI is InChI=1S/C19H21ClN6O/c1-13-5-6-15-16(12-13)24(2)18(22-15)23-19(27)26-10-8-25(9-11-26)17-14(20)4-3-7-21-17/h3-7,12H,8-11H2,1-2H3,(H,22,23,27). The van der Waals surface area contributed by atoms with Crippen LogP contribution in [-0.2, 0) is 7.05 Å². The number of nitrogens with zero attached hydrogens (tertiary/aromatic N) is 5. The molecule has 3 aromatic rings. The zero-order valence-electron chi connectivity index (χ0n) is 15.3. The predicted octanol–water partition coefficient (Wildman–Crippen LogP) is 3.28. The molecular weight excluding hydrogens is 364 g/mol. The van der Waals surface area contributed by atoms with Crippen molar-refractivity contribution >= 4 is 40.4 Å². The maximum absolute atomic E-state index is 12.7. The summed E-state index contributed by atoms with van der Waals surface area (Å²) in [6.07, 6.45) is 1.73. The van der Waals surface area contributed by atoms with Crippen molar-refractivity contribution in [3.63, 3.8) is 0 Å². The maximum atomic E-state index is 12.7. The van der Waals surface area contributed by atoms with E-state index in [4.69, 9.17) is 11.6 Å². The zero-order chi connectivity index (χ0) is 19.0. The number of urea groups is 1. The Labute approximate surface area is 162 Å². The molecule has 27 heavy (non-hydrogen) atoms. The van der Waals surface area contributed by atoms with Gasteiger partial charge >= 0.3 is 6.03 Å². The molecule has 1 fully saturated rings. The molecule has 7 nitrogen and oxygen atoms in total. The average molecular weight is 385 g/mol. The topological polar surface area (TPSA) is 66.3 Å². The number of rotatable bonds is 2. The van der Waals surface area contributed by atoms with Gasteiger partial charge in [-0.1, -0.05) is 17.7 Å². The van der Waals surface area contributed by atoms with E-state index in [2.05, 4.69) is 26.3 Å². The molecule has 0 saturated carbocycles. The van der Waals surface area contributed by atoms with Gasteiger partial charge in [0.2, 0.25) is 5.95 Å². The minimum absolute atomic E-state index is 0.142. The van der Waals surface area contributed by atoms with Crippen molar-refractivity contribution in [1.82, 2.24) is 19.4 Å². The highest BCUT2D eigenvalue weighted by Gasteiger charge is 2.24. The van der Waals surface area contributed by atoms with Crippen molar-refractivity contribution in [2.24, 2.45) is 7.05 Å². The zero-order valence-corrected chi connectivity index (χ0v) is 16.1. The molecule has 3 heterocycles. The monoisotopic (exact) mass is 384 g/mol. The second-order valence-corrected chi connectivity index (χ2v) is 7.11. The van der Waals surface area contributed by atoms with E-state index in [1.165, 1.54) is 0 Å². The fraction of sp³-hybridized carbons (Fsp3) is 0.316. The van der Waals surface area contributed by atoms with Crippen molar-refractivity contribution in [2.45, 2.75) is 6.92 Å². The molecule has 1 aromatic carbocycles. The molecule has 1 N–H and O–H groups in total. The summed E-state index contributed by atoms with van der Waals surface area (Å²) in [6.45, 7) is 4.61. The van der Waals surface area contributed by atoms with Gasteiger partial charge in [-0.05, 0) is 36.8 Å². The highest BCUT2D eigenvalue weighted by atomic mass is 35.5. The van der Waals surface area contributed by atoms with Crippen LogP contribution in [0.1, 0.15) is 5.56 Å². The Bertz CT molecular complexity index is 993. The molecule has 0 spiro atoms. The van der Waals surface area contributed by atoms with Gasteiger partial charge in [-0.25, -0.2) is 14.8 Å². The van der Waals surface area contributed by atoms with E-state index >= 15 is 0 Å². The van der Waals surface area contributed by atoms with E-state index in [1.807, 2.05) is 42.8 Å². The Balaban J connectivity index is 1.43. The Hall–Kier alpha value is -2.80. The number of fused-ring (bicyclic) bond motifs is 1. The largest absolute Gasteiger partial charge is 0.352 e. The molecule has 0 radical (unpaired) electrons. The summed E-state index contributed by atoms with van der Waals surface area (Å²) in [7, 11) is 1.91.